The molecule has 3 heterocycles. The molecule has 0 radical (unpaired) electrons. The largest absolute Gasteiger partial charge is 0.481 e. The maximum Gasteiger partial charge on any atom is 0.313 e. The van der Waals surface area contributed by atoms with E-state index in [0.717, 1.165) is 11.4 Å². The van der Waals surface area contributed by atoms with Crippen molar-refractivity contribution in [3.63, 3.8) is 0 Å². The van der Waals surface area contributed by atoms with Gasteiger partial charge in [-0.3, -0.25) is 14.5 Å². The van der Waals surface area contributed by atoms with Crippen LogP contribution < -0.4 is 0 Å². The van der Waals surface area contributed by atoms with Gasteiger partial charge in [-0.25, -0.2) is 4.98 Å². The van der Waals surface area contributed by atoms with E-state index in [9.17, 15) is 14.7 Å². The molecule has 0 unspecified atom stereocenters. The molecule has 23 heavy (non-hydrogen) atoms. The summed E-state index contributed by atoms with van der Waals surface area (Å²) in [5.41, 5.74) is 0.0634. The number of amides is 1. The Morgan fingerprint density at radius 3 is 2.78 bits per heavy atom. The fourth-order valence-electron chi connectivity index (χ4n) is 3.69. The summed E-state index contributed by atoms with van der Waals surface area (Å²) >= 11 is 0. The average molecular weight is 318 g/mol. The molecule has 1 aromatic rings. The Morgan fingerprint density at radius 1 is 1.43 bits per heavy atom. The van der Waals surface area contributed by atoms with Gasteiger partial charge in [0.15, 0.2) is 0 Å². The number of nitrogens with zero attached hydrogens (tertiary/aromatic N) is 3. The minimum Gasteiger partial charge on any atom is -0.481 e. The monoisotopic (exact) mass is 318 g/mol. The summed E-state index contributed by atoms with van der Waals surface area (Å²) in [6.45, 7) is 6.26. The fourth-order valence-corrected chi connectivity index (χ4v) is 3.69. The molecule has 2 fully saturated rings. The lowest BCUT2D eigenvalue weighted by Crippen LogP contribution is -2.41. The molecule has 3 rings (SSSR count). The Labute approximate surface area is 135 Å². The van der Waals surface area contributed by atoms with Crippen LogP contribution in [0, 0.1) is 11.3 Å². The Hall–Kier alpha value is -2.15. The zero-order chi connectivity index (χ0) is 16.6. The smallest absolute Gasteiger partial charge is 0.313 e. The molecule has 0 aromatic carbocycles. The molecule has 2 aliphatic rings. The highest BCUT2D eigenvalue weighted by atomic mass is 16.4. The van der Waals surface area contributed by atoms with Crippen LogP contribution in [-0.2, 0) is 16.1 Å². The number of carboxylic acid groups (broad SMARTS) is 1. The number of likely N-dealkylation sites (tertiary alicyclic amines) is 2. The molecule has 124 valence electrons. The molecular weight excluding hydrogens is 296 g/mol. The summed E-state index contributed by atoms with van der Waals surface area (Å²) in [4.78, 5) is 35.2. The number of allylic oxidation sites excluding steroid dienone is 1. The third-order valence-electron chi connectivity index (χ3n) is 4.76. The highest BCUT2D eigenvalue weighted by molar-refractivity contribution is 5.89. The number of nitrogens with one attached hydrogen (secondary N) is 1. The van der Waals surface area contributed by atoms with E-state index >= 15 is 0 Å². The number of hydrogen-bond donors (Lipinski definition) is 2. The van der Waals surface area contributed by atoms with E-state index in [-0.39, 0.29) is 18.4 Å². The average Bonchev–Trinajstić information content (AvgIpc) is 3.12. The Bertz CT molecular complexity index is 636. The van der Waals surface area contributed by atoms with Gasteiger partial charge in [0, 0.05) is 50.6 Å². The summed E-state index contributed by atoms with van der Waals surface area (Å²) in [7, 11) is 0. The van der Waals surface area contributed by atoms with Gasteiger partial charge in [0.1, 0.15) is 11.2 Å². The normalized spacial score (nSPS) is 27.0. The van der Waals surface area contributed by atoms with Gasteiger partial charge >= 0.3 is 5.97 Å². The standard InChI is InChI=1S/C16H22N4O3/c1-11(2)5-14(21)20-7-12-6-19(8-13-17-3-4-18-13)9-16(12,10-20)15(22)23/h3-5,12H,6-10H2,1-2H3,(H,17,18)(H,22,23)/t12-,16-/m1/s1. The van der Waals surface area contributed by atoms with E-state index in [4.69, 9.17) is 0 Å². The van der Waals surface area contributed by atoms with Crippen LogP contribution in [0.3, 0.4) is 0 Å². The molecule has 1 aromatic heterocycles. The molecule has 2 atom stereocenters. The first kappa shape index (κ1) is 15.7. The lowest BCUT2D eigenvalue weighted by molar-refractivity contribution is -0.149. The Kier molecular flexibility index (Phi) is 3.97. The van der Waals surface area contributed by atoms with Crippen LogP contribution in [0.25, 0.3) is 0 Å². The van der Waals surface area contributed by atoms with Crippen LogP contribution in [0.1, 0.15) is 19.7 Å². The zero-order valence-electron chi connectivity index (χ0n) is 13.5. The lowest BCUT2D eigenvalue weighted by atomic mass is 9.81. The number of aliphatic carboxylic acids is 1. The number of aromatic amines is 1. The first-order valence-corrected chi connectivity index (χ1v) is 7.78. The number of hydrogen-bond acceptors (Lipinski definition) is 4. The van der Waals surface area contributed by atoms with Crippen molar-refractivity contribution in [1.82, 2.24) is 19.8 Å². The number of imidazole rings is 1. The van der Waals surface area contributed by atoms with Gasteiger partial charge in [-0.05, 0) is 13.8 Å². The molecule has 0 spiro atoms. The lowest BCUT2D eigenvalue weighted by Gasteiger charge is -2.24. The first-order chi connectivity index (χ1) is 10.9. The highest BCUT2D eigenvalue weighted by Gasteiger charge is 2.58. The second-order valence-corrected chi connectivity index (χ2v) is 6.80. The van der Waals surface area contributed by atoms with Crippen LogP contribution in [-0.4, -0.2) is 62.9 Å². The van der Waals surface area contributed by atoms with E-state index in [1.807, 2.05) is 13.8 Å². The summed E-state index contributed by atoms with van der Waals surface area (Å²) < 4.78 is 0. The molecule has 0 saturated carbocycles. The molecule has 1 amide bonds. The Balaban J connectivity index is 1.74. The van der Waals surface area contributed by atoms with Crippen LogP contribution in [0.4, 0.5) is 0 Å². The maximum absolute atomic E-state index is 12.2. The Morgan fingerprint density at radius 2 is 2.22 bits per heavy atom. The van der Waals surface area contributed by atoms with Crippen molar-refractivity contribution in [3.8, 4) is 0 Å². The van der Waals surface area contributed by atoms with Crippen LogP contribution in [0.2, 0.25) is 0 Å². The highest BCUT2D eigenvalue weighted by Crippen LogP contribution is 2.43. The molecule has 0 aliphatic carbocycles. The molecule has 2 aliphatic heterocycles. The number of carboxylic acids is 1. The van der Waals surface area contributed by atoms with Gasteiger partial charge in [-0.15, -0.1) is 0 Å². The number of fused-ring (bicyclic) bond motifs is 1. The van der Waals surface area contributed by atoms with Crippen molar-refractivity contribution in [1.29, 1.82) is 0 Å². The second kappa shape index (κ2) is 5.81. The van der Waals surface area contributed by atoms with Crippen molar-refractivity contribution in [2.75, 3.05) is 26.2 Å². The predicted molar refractivity (Wildman–Crippen MR) is 83.4 cm³/mol. The predicted octanol–water partition coefficient (Wildman–Crippen LogP) is 0.721. The molecule has 0 bridgehead atoms. The third-order valence-corrected chi connectivity index (χ3v) is 4.76. The van der Waals surface area contributed by atoms with Gasteiger partial charge in [-0.2, -0.15) is 0 Å². The van der Waals surface area contributed by atoms with Crippen LogP contribution in [0.5, 0.6) is 0 Å². The van der Waals surface area contributed by atoms with E-state index in [1.54, 1.807) is 23.4 Å². The molecule has 7 heteroatoms. The van der Waals surface area contributed by atoms with Crippen LogP contribution >= 0.6 is 0 Å². The summed E-state index contributed by atoms with van der Waals surface area (Å²) in [5.74, 6) is -0.0954. The van der Waals surface area contributed by atoms with Crippen molar-refractivity contribution in [3.05, 3.63) is 29.9 Å². The topological polar surface area (TPSA) is 89.5 Å². The number of aromatic nitrogens is 2. The molecular formula is C16H22N4O3. The van der Waals surface area contributed by atoms with Crippen molar-refractivity contribution < 1.29 is 14.7 Å². The quantitative estimate of drug-likeness (QED) is 0.799. The maximum atomic E-state index is 12.2. The van der Waals surface area contributed by atoms with Gasteiger partial charge < -0.3 is 15.0 Å². The number of H-pyrrole nitrogens is 1. The van der Waals surface area contributed by atoms with Gasteiger partial charge in [0.2, 0.25) is 5.91 Å². The summed E-state index contributed by atoms with van der Waals surface area (Å²) in [6, 6.07) is 0. The van der Waals surface area contributed by atoms with E-state index in [1.165, 1.54) is 0 Å². The number of rotatable bonds is 4. The van der Waals surface area contributed by atoms with Gasteiger partial charge in [0.05, 0.1) is 6.54 Å². The summed E-state index contributed by atoms with van der Waals surface area (Å²) in [6.07, 6.45) is 5.04. The molecule has 2 saturated heterocycles. The van der Waals surface area contributed by atoms with Gasteiger partial charge in [0.25, 0.3) is 0 Å². The van der Waals surface area contributed by atoms with Crippen molar-refractivity contribution in [2.24, 2.45) is 11.3 Å². The molecule has 2 N–H and O–H groups in total. The second-order valence-electron chi connectivity index (χ2n) is 6.80. The van der Waals surface area contributed by atoms with Crippen molar-refractivity contribution in [2.45, 2.75) is 20.4 Å². The zero-order valence-corrected chi connectivity index (χ0v) is 13.5. The number of carbonyl (C=O) groups is 2. The third kappa shape index (κ3) is 2.88. The minimum absolute atomic E-state index is 0.0375. The first-order valence-electron chi connectivity index (χ1n) is 7.78. The SMILES string of the molecule is CC(C)=CC(=O)N1C[C@H]2CN(Cc3ncc[nH]3)C[C@@]2(C(=O)O)C1. The van der Waals surface area contributed by atoms with Crippen molar-refractivity contribution >= 4 is 11.9 Å². The van der Waals surface area contributed by atoms with Gasteiger partial charge in [-0.1, -0.05) is 5.57 Å². The number of carbonyl (C=O) groups excluding carboxylic acids is 1. The van der Waals surface area contributed by atoms with Crippen LogP contribution in [0.15, 0.2) is 24.0 Å². The molecule has 7 nitrogen and oxygen atoms in total. The van der Waals surface area contributed by atoms with E-state index < -0.39 is 11.4 Å². The summed E-state index contributed by atoms with van der Waals surface area (Å²) in [5, 5.41) is 9.80. The van der Waals surface area contributed by atoms with E-state index in [2.05, 4.69) is 14.9 Å². The minimum atomic E-state index is -0.863. The fraction of sp³-hybridized carbons (Fsp3) is 0.562. The van der Waals surface area contributed by atoms with E-state index in [0.29, 0.717) is 26.2 Å².